The van der Waals surface area contributed by atoms with Crippen LogP contribution in [0.4, 0.5) is 0 Å². The smallest absolute Gasteiger partial charge is 0.254 e. The number of carbonyl (C=O) groups is 1. The van der Waals surface area contributed by atoms with Gasteiger partial charge in [-0.25, -0.2) is 0 Å². The first kappa shape index (κ1) is 17.0. The molecule has 0 aromatic heterocycles. The third-order valence-corrected chi connectivity index (χ3v) is 4.54. The molecule has 2 aromatic carbocycles. The Kier molecular flexibility index (Phi) is 4.93. The molecule has 2 atom stereocenters. The Hall–Kier alpha value is -1.84. The van der Waals surface area contributed by atoms with E-state index < -0.39 is 11.0 Å². The van der Waals surface area contributed by atoms with Crippen molar-refractivity contribution in [2.45, 2.75) is 44.0 Å². The molecule has 0 N–H and O–H groups in total. The first-order valence-electron chi connectivity index (χ1n) is 8.15. The molecule has 24 heavy (non-hydrogen) atoms. The molecular formula is C20H22ClNO2. The Balaban J connectivity index is 1.70. The monoisotopic (exact) mass is 343 g/mol. The summed E-state index contributed by atoms with van der Waals surface area (Å²) in [6.45, 7) is 4.84. The molecule has 0 bridgehead atoms. The minimum atomic E-state index is -0.552. The van der Waals surface area contributed by atoms with Gasteiger partial charge in [0.1, 0.15) is 0 Å². The molecule has 1 amide bonds. The summed E-state index contributed by atoms with van der Waals surface area (Å²) in [6.07, 6.45) is -0.485. The Morgan fingerprint density at radius 2 is 1.54 bits per heavy atom. The summed E-state index contributed by atoms with van der Waals surface area (Å²) < 4.78 is 5.91. The summed E-state index contributed by atoms with van der Waals surface area (Å²) in [4.78, 5) is 13.9. The van der Waals surface area contributed by atoms with Crippen LogP contribution in [-0.4, -0.2) is 27.8 Å². The van der Waals surface area contributed by atoms with Crippen molar-refractivity contribution < 1.29 is 9.53 Å². The number of hydrogen-bond donors (Lipinski definition) is 0. The highest BCUT2D eigenvalue weighted by Gasteiger charge is 2.54. The van der Waals surface area contributed by atoms with Crippen molar-refractivity contribution in [3.63, 3.8) is 0 Å². The third-order valence-electron chi connectivity index (χ3n) is 4.32. The number of carbonyl (C=O) groups excluding carboxylic acids is 1. The van der Waals surface area contributed by atoms with E-state index in [2.05, 4.69) is 0 Å². The molecule has 3 rings (SSSR count). The van der Waals surface area contributed by atoms with Crippen molar-refractivity contribution in [3.8, 4) is 0 Å². The predicted octanol–water partition coefficient (Wildman–Crippen LogP) is 4.00. The lowest BCUT2D eigenvalue weighted by Crippen LogP contribution is -2.70. The van der Waals surface area contributed by atoms with Gasteiger partial charge in [0.25, 0.3) is 5.91 Å². The summed E-state index contributed by atoms with van der Waals surface area (Å²) in [5.41, 5.74) is 2.15. The molecule has 0 unspecified atom stereocenters. The molecule has 126 valence electrons. The van der Waals surface area contributed by atoms with Gasteiger partial charge in [0, 0.05) is 6.54 Å². The molecule has 4 heteroatoms. The van der Waals surface area contributed by atoms with Crippen molar-refractivity contribution in [1.29, 1.82) is 0 Å². The summed E-state index contributed by atoms with van der Waals surface area (Å²) in [6, 6.07) is 19.7. The van der Waals surface area contributed by atoms with Crippen LogP contribution >= 0.6 is 11.6 Å². The molecule has 0 spiro atoms. The molecule has 0 aliphatic carbocycles. The number of rotatable bonds is 6. The Bertz CT molecular complexity index is 682. The Morgan fingerprint density at radius 3 is 2.08 bits per heavy atom. The van der Waals surface area contributed by atoms with E-state index in [1.165, 1.54) is 0 Å². The van der Waals surface area contributed by atoms with Crippen molar-refractivity contribution in [2.75, 3.05) is 0 Å². The second-order valence-corrected chi connectivity index (χ2v) is 7.65. The molecule has 0 radical (unpaired) electrons. The quantitative estimate of drug-likeness (QED) is 0.586. The van der Waals surface area contributed by atoms with Crippen molar-refractivity contribution >= 4 is 17.5 Å². The summed E-state index contributed by atoms with van der Waals surface area (Å²) in [5.74, 6) is 0.00788. The minimum absolute atomic E-state index is 0.00788. The molecule has 1 aliphatic rings. The van der Waals surface area contributed by atoms with Gasteiger partial charge in [-0.1, -0.05) is 60.7 Å². The van der Waals surface area contributed by atoms with Gasteiger partial charge in [-0.05, 0) is 25.0 Å². The number of halogens is 1. The average molecular weight is 344 g/mol. The van der Waals surface area contributed by atoms with E-state index in [0.717, 1.165) is 11.1 Å². The molecule has 1 saturated heterocycles. The molecular weight excluding hydrogens is 322 g/mol. The van der Waals surface area contributed by atoms with Crippen LogP contribution in [0.2, 0.25) is 0 Å². The van der Waals surface area contributed by atoms with Crippen LogP contribution in [0.15, 0.2) is 60.7 Å². The minimum Gasteiger partial charge on any atom is -0.361 e. The van der Waals surface area contributed by atoms with Gasteiger partial charge < -0.3 is 9.64 Å². The van der Waals surface area contributed by atoms with E-state index in [4.69, 9.17) is 16.3 Å². The maximum atomic E-state index is 12.6. The van der Waals surface area contributed by atoms with Crippen LogP contribution < -0.4 is 0 Å². The second-order valence-electron chi connectivity index (χ2n) is 6.68. The van der Waals surface area contributed by atoms with E-state index in [0.29, 0.717) is 13.2 Å². The van der Waals surface area contributed by atoms with Crippen molar-refractivity contribution in [2.24, 2.45) is 0 Å². The number of amides is 1. The van der Waals surface area contributed by atoms with Gasteiger partial charge in [0.2, 0.25) is 0 Å². The van der Waals surface area contributed by atoms with E-state index >= 15 is 0 Å². The van der Waals surface area contributed by atoms with Crippen LogP contribution in [-0.2, 0) is 22.7 Å². The molecule has 1 fully saturated rings. The number of benzene rings is 2. The SMILES string of the molecule is CC(C)(Cl)[C@@H]1[C@H](OCc2ccccc2)C(=O)N1Cc1ccccc1. The maximum absolute atomic E-state index is 12.6. The number of hydrogen-bond acceptors (Lipinski definition) is 2. The largest absolute Gasteiger partial charge is 0.361 e. The standard InChI is InChI=1S/C20H22ClNO2/c1-20(2,21)18-17(24-14-16-11-7-4-8-12-16)19(23)22(18)13-15-9-5-3-6-10-15/h3-12,17-18H,13-14H2,1-2H3/t17-,18-/m0/s1. The van der Waals surface area contributed by atoms with E-state index in [1.807, 2.05) is 79.4 Å². The zero-order valence-electron chi connectivity index (χ0n) is 14.0. The average Bonchev–Trinajstić information content (AvgIpc) is 2.57. The Labute approximate surface area is 148 Å². The van der Waals surface area contributed by atoms with Gasteiger partial charge in [0.05, 0.1) is 17.5 Å². The van der Waals surface area contributed by atoms with E-state index in [1.54, 1.807) is 0 Å². The second kappa shape index (κ2) is 6.96. The first-order chi connectivity index (χ1) is 11.5. The summed E-state index contributed by atoms with van der Waals surface area (Å²) in [5, 5.41) is 0. The highest BCUT2D eigenvalue weighted by Crippen LogP contribution is 2.37. The molecule has 1 aliphatic heterocycles. The highest BCUT2D eigenvalue weighted by molar-refractivity contribution is 6.24. The fourth-order valence-corrected chi connectivity index (χ4v) is 3.36. The lowest BCUT2D eigenvalue weighted by molar-refractivity contribution is -0.180. The number of nitrogens with zero attached hydrogens (tertiary/aromatic N) is 1. The van der Waals surface area contributed by atoms with Crippen LogP contribution in [0.1, 0.15) is 25.0 Å². The van der Waals surface area contributed by atoms with Crippen LogP contribution in [0.5, 0.6) is 0 Å². The molecule has 0 saturated carbocycles. The van der Waals surface area contributed by atoms with Crippen molar-refractivity contribution in [3.05, 3.63) is 71.8 Å². The van der Waals surface area contributed by atoms with Gasteiger partial charge in [-0.15, -0.1) is 11.6 Å². The summed E-state index contributed by atoms with van der Waals surface area (Å²) >= 11 is 6.56. The van der Waals surface area contributed by atoms with Crippen LogP contribution in [0, 0.1) is 0 Å². The fourth-order valence-electron chi connectivity index (χ4n) is 3.13. The van der Waals surface area contributed by atoms with Gasteiger partial charge >= 0.3 is 0 Å². The number of alkyl halides is 1. The lowest BCUT2D eigenvalue weighted by atomic mass is 9.86. The van der Waals surface area contributed by atoms with Crippen LogP contribution in [0.3, 0.4) is 0 Å². The van der Waals surface area contributed by atoms with Crippen molar-refractivity contribution in [1.82, 2.24) is 4.90 Å². The number of likely N-dealkylation sites (tertiary alicyclic amines) is 1. The first-order valence-corrected chi connectivity index (χ1v) is 8.53. The normalized spacial score (nSPS) is 20.8. The molecule has 3 nitrogen and oxygen atoms in total. The van der Waals surface area contributed by atoms with Gasteiger partial charge in [0.15, 0.2) is 6.10 Å². The molecule has 2 aromatic rings. The van der Waals surface area contributed by atoms with E-state index in [-0.39, 0.29) is 11.9 Å². The zero-order chi connectivity index (χ0) is 17.2. The summed E-state index contributed by atoms with van der Waals surface area (Å²) in [7, 11) is 0. The van der Waals surface area contributed by atoms with E-state index in [9.17, 15) is 4.79 Å². The van der Waals surface area contributed by atoms with Gasteiger partial charge in [-0.2, -0.15) is 0 Å². The topological polar surface area (TPSA) is 29.5 Å². The predicted molar refractivity (Wildman–Crippen MR) is 95.7 cm³/mol. The van der Waals surface area contributed by atoms with Gasteiger partial charge in [-0.3, -0.25) is 4.79 Å². The highest BCUT2D eigenvalue weighted by atomic mass is 35.5. The number of β-lactam (4-membered cyclic amide) rings is 1. The Morgan fingerprint density at radius 1 is 1.00 bits per heavy atom. The van der Waals surface area contributed by atoms with Crippen LogP contribution in [0.25, 0.3) is 0 Å². The number of ether oxygens (including phenoxy) is 1. The zero-order valence-corrected chi connectivity index (χ0v) is 14.7. The third kappa shape index (κ3) is 3.63. The molecule has 1 heterocycles. The lowest BCUT2D eigenvalue weighted by Gasteiger charge is -2.51. The fraction of sp³-hybridized carbons (Fsp3) is 0.350. The maximum Gasteiger partial charge on any atom is 0.254 e.